The van der Waals surface area contributed by atoms with Gasteiger partial charge in [0.25, 0.3) is 0 Å². The molecule has 0 radical (unpaired) electrons. The van der Waals surface area contributed by atoms with Crippen LogP contribution in [0.15, 0.2) is 30.5 Å². The third-order valence-corrected chi connectivity index (χ3v) is 5.41. The summed E-state index contributed by atoms with van der Waals surface area (Å²) in [7, 11) is 1.12. The normalized spacial score (nSPS) is 16.4. The molecule has 2 aromatic heterocycles. The van der Waals surface area contributed by atoms with Crippen molar-refractivity contribution in [3.8, 4) is 11.3 Å². The summed E-state index contributed by atoms with van der Waals surface area (Å²) in [5.41, 5.74) is 1.31. The number of carbonyl (C=O) groups excluding carboxylic acids is 1. The van der Waals surface area contributed by atoms with Gasteiger partial charge in [0.15, 0.2) is 0 Å². The van der Waals surface area contributed by atoms with Gasteiger partial charge < -0.3 is 23.9 Å². The first-order chi connectivity index (χ1) is 15.3. The summed E-state index contributed by atoms with van der Waals surface area (Å²) in [6, 6.07) is 5.43. The maximum absolute atomic E-state index is 15.0. The standard InChI is InChI=1S/C22H21F2N3O5/c1-12-3-4-27-17(10-14-11-26(22(29)30)5-6-32-14)20(25-18(27)7-12)19-15(23)8-13(9-16(19)24)21(28)31-2/h3-4,7-9,14H,5-6,10-11H2,1-2H3,(H,29,30). The lowest BCUT2D eigenvalue weighted by Crippen LogP contribution is -2.45. The number of carbonyl (C=O) groups is 2. The van der Waals surface area contributed by atoms with Crippen molar-refractivity contribution >= 4 is 17.7 Å². The zero-order chi connectivity index (χ0) is 23.0. The van der Waals surface area contributed by atoms with Crippen molar-refractivity contribution in [2.24, 2.45) is 0 Å². The number of fused-ring (bicyclic) bond motifs is 1. The topological polar surface area (TPSA) is 93.4 Å². The second-order valence-corrected chi connectivity index (χ2v) is 7.57. The van der Waals surface area contributed by atoms with Crippen molar-refractivity contribution in [2.75, 3.05) is 26.8 Å². The molecule has 1 unspecified atom stereocenters. The van der Waals surface area contributed by atoms with E-state index in [4.69, 9.17) is 4.74 Å². The van der Waals surface area contributed by atoms with Gasteiger partial charge in [-0.3, -0.25) is 0 Å². The number of imidazole rings is 1. The molecule has 32 heavy (non-hydrogen) atoms. The van der Waals surface area contributed by atoms with Gasteiger partial charge in [-0.25, -0.2) is 23.4 Å². The SMILES string of the molecule is COC(=O)c1cc(F)c(-c2nc3cc(C)ccn3c2CC2CN(C(=O)O)CCO2)c(F)c1. The summed E-state index contributed by atoms with van der Waals surface area (Å²) in [6.45, 7) is 2.47. The van der Waals surface area contributed by atoms with Gasteiger partial charge in [0, 0.05) is 19.2 Å². The van der Waals surface area contributed by atoms with Gasteiger partial charge in [-0.1, -0.05) is 0 Å². The van der Waals surface area contributed by atoms with Gasteiger partial charge in [-0.2, -0.15) is 0 Å². The zero-order valence-electron chi connectivity index (χ0n) is 17.5. The molecule has 8 nitrogen and oxygen atoms in total. The molecule has 4 rings (SSSR count). The first kappa shape index (κ1) is 21.7. The number of pyridine rings is 1. The van der Waals surface area contributed by atoms with E-state index in [-0.39, 0.29) is 42.9 Å². The number of carboxylic acid groups (broad SMARTS) is 1. The average Bonchev–Trinajstić information content (AvgIpc) is 3.09. The van der Waals surface area contributed by atoms with Crippen molar-refractivity contribution in [1.82, 2.24) is 14.3 Å². The van der Waals surface area contributed by atoms with E-state index in [1.165, 1.54) is 4.90 Å². The predicted octanol–water partition coefficient (Wildman–Crippen LogP) is 3.30. The van der Waals surface area contributed by atoms with Crippen LogP contribution in [0.1, 0.15) is 21.6 Å². The quantitative estimate of drug-likeness (QED) is 0.620. The Kier molecular flexibility index (Phi) is 5.79. The van der Waals surface area contributed by atoms with Crippen LogP contribution >= 0.6 is 0 Å². The number of morpholine rings is 1. The molecular formula is C22H21F2N3O5. The Hall–Kier alpha value is -3.53. The summed E-state index contributed by atoms with van der Waals surface area (Å²) in [5, 5.41) is 9.30. The van der Waals surface area contributed by atoms with E-state index >= 15 is 8.78 Å². The fourth-order valence-corrected chi connectivity index (χ4v) is 3.86. The largest absolute Gasteiger partial charge is 0.465 e. The van der Waals surface area contributed by atoms with Crippen LogP contribution in [0.3, 0.4) is 0 Å². The van der Waals surface area contributed by atoms with Crippen LogP contribution in [0.25, 0.3) is 16.9 Å². The molecule has 1 atom stereocenters. The Labute approximate surface area is 182 Å². The lowest BCUT2D eigenvalue weighted by Gasteiger charge is -2.31. The Balaban J connectivity index is 1.82. The van der Waals surface area contributed by atoms with Gasteiger partial charge in [0.05, 0.1) is 48.9 Å². The van der Waals surface area contributed by atoms with Crippen molar-refractivity contribution < 1.29 is 33.0 Å². The van der Waals surface area contributed by atoms with Crippen molar-refractivity contribution in [3.63, 3.8) is 0 Å². The van der Waals surface area contributed by atoms with Crippen LogP contribution in [0, 0.1) is 18.6 Å². The maximum atomic E-state index is 15.0. The van der Waals surface area contributed by atoms with E-state index in [2.05, 4.69) is 9.72 Å². The van der Waals surface area contributed by atoms with Gasteiger partial charge in [-0.15, -0.1) is 0 Å². The molecule has 1 aliphatic rings. The Morgan fingerprint density at radius 2 is 2.00 bits per heavy atom. The molecule has 0 bridgehead atoms. The van der Waals surface area contributed by atoms with Gasteiger partial charge in [0.1, 0.15) is 17.3 Å². The lowest BCUT2D eigenvalue weighted by molar-refractivity contribution is -0.0214. The van der Waals surface area contributed by atoms with Crippen LogP contribution < -0.4 is 0 Å². The summed E-state index contributed by atoms with van der Waals surface area (Å²) in [6.07, 6.45) is 0.358. The molecule has 0 aliphatic carbocycles. The number of aryl methyl sites for hydroxylation is 1. The predicted molar refractivity (Wildman–Crippen MR) is 110 cm³/mol. The highest BCUT2D eigenvalue weighted by atomic mass is 19.1. The number of methoxy groups -OCH3 is 1. The minimum atomic E-state index is -1.05. The molecule has 10 heteroatoms. The molecule has 3 heterocycles. The molecule has 1 saturated heterocycles. The second kappa shape index (κ2) is 8.54. The number of benzene rings is 1. The first-order valence-corrected chi connectivity index (χ1v) is 9.93. The lowest BCUT2D eigenvalue weighted by atomic mass is 10.0. The number of hydrogen-bond donors (Lipinski definition) is 1. The molecule has 1 N–H and O–H groups in total. The van der Waals surface area contributed by atoms with E-state index in [1.54, 1.807) is 16.7 Å². The number of aromatic nitrogens is 2. The number of halogens is 2. The maximum Gasteiger partial charge on any atom is 0.407 e. The van der Waals surface area contributed by atoms with Crippen LogP contribution in [0.5, 0.6) is 0 Å². The Morgan fingerprint density at radius 1 is 1.28 bits per heavy atom. The van der Waals surface area contributed by atoms with Gasteiger partial charge >= 0.3 is 12.1 Å². The number of hydrogen-bond acceptors (Lipinski definition) is 5. The molecule has 1 aromatic carbocycles. The Bertz CT molecular complexity index is 1190. The van der Waals surface area contributed by atoms with Gasteiger partial charge in [-0.05, 0) is 36.8 Å². The van der Waals surface area contributed by atoms with Crippen LogP contribution in [-0.4, -0.2) is 64.4 Å². The molecule has 0 spiro atoms. The highest BCUT2D eigenvalue weighted by molar-refractivity contribution is 5.90. The number of nitrogens with zero attached hydrogens (tertiary/aromatic N) is 3. The molecule has 1 aliphatic heterocycles. The third kappa shape index (κ3) is 4.01. The molecule has 0 saturated carbocycles. The molecule has 3 aromatic rings. The molecule has 1 amide bonds. The third-order valence-electron chi connectivity index (χ3n) is 5.41. The van der Waals surface area contributed by atoms with Crippen molar-refractivity contribution in [3.05, 3.63) is 58.9 Å². The molecule has 168 valence electrons. The first-order valence-electron chi connectivity index (χ1n) is 9.93. The summed E-state index contributed by atoms with van der Waals surface area (Å²) >= 11 is 0. The Morgan fingerprint density at radius 3 is 2.66 bits per heavy atom. The number of esters is 1. The average molecular weight is 445 g/mol. The summed E-state index contributed by atoms with van der Waals surface area (Å²) < 4.78 is 42.0. The van der Waals surface area contributed by atoms with Crippen molar-refractivity contribution in [1.29, 1.82) is 0 Å². The smallest absolute Gasteiger partial charge is 0.407 e. The monoisotopic (exact) mass is 445 g/mol. The highest BCUT2D eigenvalue weighted by Gasteiger charge is 2.29. The van der Waals surface area contributed by atoms with E-state index in [0.29, 0.717) is 11.3 Å². The minimum absolute atomic E-state index is 0.0677. The van der Waals surface area contributed by atoms with Crippen molar-refractivity contribution in [2.45, 2.75) is 19.4 Å². The number of rotatable bonds is 4. The van der Waals surface area contributed by atoms with Crippen LogP contribution in [-0.2, 0) is 15.9 Å². The van der Waals surface area contributed by atoms with E-state index in [1.807, 2.05) is 13.0 Å². The van der Waals surface area contributed by atoms with Crippen LogP contribution in [0.4, 0.5) is 13.6 Å². The second-order valence-electron chi connectivity index (χ2n) is 7.57. The fourth-order valence-electron chi connectivity index (χ4n) is 3.86. The van der Waals surface area contributed by atoms with E-state index in [0.717, 1.165) is 24.8 Å². The zero-order valence-corrected chi connectivity index (χ0v) is 17.5. The molecule has 1 fully saturated rings. The van der Waals surface area contributed by atoms with E-state index < -0.39 is 29.8 Å². The summed E-state index contributed by atoms with van der Waals surface area (Å²) in [4.78, 5) is 28.8. The highest BCUT2D eigenvalue weighted by Crippen LogP contribution is 2.32. The van der Waals surface area contributed by atoms with Gasteiger partial charge in [0.2, 0.25) is 0 Å². The molecular weight excluding hydrogens is 424 g/mol. The number of amides is 1. The fraction of sp³-hybridized carbons (Fsp3) is 0.318. The minimum Gasteiger partial charge on any atom is -0.465 e. The number of ether oxygens (including phenoxy) is 2. The summed E-state index contributed by atoms with van der Waals surface area (Å²) in [5.74, 6) is -2.77. The van der Waals surface area contributed by atoms with E-state index in [9.17, 15) is 14.7 Å². The van der Waals surface area contributed by atoms with Crippen LogP contribution in [0.2, 0.25) is 0 Å².